The lowest BCUT2D eigenvalue weighted by Crippen LogP contribution is -2.44. The van der Waals surface area contributed by atoms with E-state index < -0.39 is 18.0 Å². The average molecular weight is 207 g/mol. The zero-order valence-corrected chi connectivity index (χ0v) is 7.89. The summed E-state index contributed by atoms with van der Waals surface area (Å²) in [4.78, 5) is 21.2. The van der Waals surface area contributed by atoms with E-state index in [2.05, 4.69) is 17.2 Å². The van der Waals surface area contributed by atoms with Crippen molar-refractivity contribution in [2.45, 2.75) is 13.0 Å². The van der Waals surface area contributed by atoms with Gasteiger partial charge in [-0.2, -0.15) is 0 Å². The maximum absolute atomic E-state index is 10.9. The van der Waals surface area contributed by atoms with Gasteiger partial charge >= 0.3 is 12.0 Å². The van der Waals surface area contributed by atoms with Crippen LogP contribution < -0.4 is 10.6 Å². The van der Waals surface area contributed by atoms with Crippen molar-refractivity contribution in [2.75, 3.05) is 6.54 Å². The molecule has 0 aromatic carbocycles. The zero-order valence-electron chi connectivity index (χ0n) is 7.13. The summed E-state index contributed by atoms with van der Waals surface area (Å²) in [6.07, 6.45) is 0. The van der Waals surface area contributed by atoms with Crippen molar-refractivity contribution in [3.8, 4) is 0 Å². The second kappa shape index (κ2) is 5.42. The number of carbonyl (C=O) groups excluding carboxylic acids is 1. The zero-order chi connectivity index (χ0) is 10.4. The van der Waals surface area contributed by atoms with E-state index in [-0.39, 0.29) is 11.6 Å². The van der Waals surface area contributed by atoms with Crippen LogP contribution in [-0.2, 0) is 4.79 Å². The van der Waals surface area contributed by atoms with Crippen LogP contribution in [0.5, 0.6) is 0 Å². The molecule has 0 saturated carbocycles. The van der Waals surface area contributed by atoms with Gasteiger partial charge in [-0.3, -0.25) is 4.79 Å². The Morgan fingerprint density at radius 3 is 2.54 bits per heavy atom. The highest BCUT2D eigenvalue weighted by atomic mass is 35.5. The molecule has 0 spiro atoms. The van der Waals surface area contributed by atoms with Gasteiger partial charge in [-0.25, -0.2) is 4.79 Å². The van der Waals surface area contributed by atoms with E-state index in [1.807, 2.05) is 0 Å². The molecule has 0 aromatic heterocycles. The average Bonchev–Trinajstić information content (AvgIpc) is 2.00. The highest BCUT2D eigenvalue weighted by Gasteiger charge is 2.12. The lowest BCUT2D eigenvalue weighted by atomic mass is 10.3. The van der Waals surface area contributed by atoms with E-state index in [9.17, 15) is 9.59 Å². The fraction of sp³-hybridized carbons (Fsp3) is 0.429. The summed E-state index contributed by atoms with van der Waals surface area (Å²) in [6, 6.07) is -1.51. The highest BCUT2D eigenvalue weighted by Crippen LogP contribution is 1.91. The van der Waals surface area contributed by atoms with Crippen molar-refractivity contribution in [2.24, 2.45) is 0 Å². The van der Waals surface area contributed by atoms with Gasteiger partial charge in [-0.15, -0.1) is 0 Å². The molecule has 0 rings (SSSR count). The number of aliphatic carboxylic acids is 1. The molecule has 0 aromatic rings. The fourth-order valence-electron chi connectivity index (χ4n) is 0.486. The van der Waals surface area contributed by atoms with Crippen molar-refractivity contribution in [1.82, 2.24) is 10.6 Å². The molecule has 3 N–H and O–H groups in total. The lowest BCUT2D eigenvalue weighted by molar-refractivity contribution is -0.138. The molecule has 74 valence electrons. The Bertz CT molecular complexity index is 230. The maximum atomic E-state index is 10.9. The molecule has 0 unspecified atom stereocenters. The normalized spacial score (nSPS) is 11.5. The number of hydrogen-bond acceptors (Lipinski definition) is 2. The fourth-order valence-corrected chi connectivity index (χ4v) is 0.552. The molecule has 2 amide bonds. The van der Waals surface area contributed by atoms with Crippen molar-refractivity contribution < 1.29 is 14.7 Å². The second-order valence-electron chi connectivity index (χ2n) is 2.40. The van der Waals surface area contributed by atoms with Gasteiger partial charge in [0, 0.05) is 5.03 Å². The van der Waals surface area contributed by atoms with Crippen LogP contribution in [0.3, 0.4) is 0 Å². The molecule has 5 nitrogen and oxygen atoms in total. The second-order valence-corrected chi connectivity index (χ2v) is 2.94. The molecule has 0 heterocycles. The van der Waals surface area contributed by atoms with Gasteiger partial charge in [0.25, 0.3) is 0 Å². The minimum atomic E-state index is -1.10. The minimum absolute atomic E-state index is 0.111. The summed E-state index contributed by atoms with van der Waals surface area (Å²) in [5.41, 5.74) is 0. The van der Waals surface area contributed by atoms with Gasteiger partial charge in [0.1, 0.15) is 6.04 Å². The predicted molar refractivity (Wildman–Crippen MR) is 48.6 cm³/mol. The number of amides is 2. The molecule has 0 bridgehead atoms. The van der Waals surface area contributed by atoms with Gasteiger partial charge in [0.05, 0.1) is 6.54 Å². The molecular formula is C7H11ClN2O3. The summed E-state index contributed by atoms with van der Waals surface area (Å²) in [6.45, 7) is 4.82. The van der Waals surface area contributed by atoms with Gasteiger partial charge in [0.2, 0.25) is 0 Å². The number of hydrogen-bond donors (Lipinski definition) is 3. The first-order valence-electron chi connectivity index (χ1n) is 3.54. The van der Waals surface area contributed by atoms with E-state index in [0.717, 1.165) is 0 Å². The van der Waals surface area contributed by atoms with Gasteiger partial charge < -0.3 is 15.7 Å². The largest absolute Gasteiger partial charge is 0.480 e. The van der Waals surface area contributed by atoms with Crippen LogP contribution in [0.4, 0.5) is 4.79 Å². The van der Waals surface area contributed by atoms with Gasteiger partial charge in [-0.1, -0.05) is 18.2 Å². The standard InChI is InChI=1S/C7H11ClN2O3/c1-4(8)3-9-7(13)10-5(2)6(11)12/h5H,1,3H2,2H3,(H,11,12)(H2,9,10,13)/t5-/m0/s1. The Hall–Kier alpha value is -1.23. The van der Waals surface area contributed by atoms with Gasteiger partial charge in [0.15, 0.2) is 0 Å². The van der Waals surface area contributed by atoms with Crippen molar-refractivity contribution >= 4 is 23.6 Å². The molecule has 0 aliphatic heterocycles. The number of rotatable bonds is 4. The number of carbonyl (C=O) groups is 2. The van der Waals surface area contributed by atoms with Crippen molar-refractivity contribution in [1.29, 1.82) is 0 Å². The SMILES string of the molecule is C=C(Cl)CNC(=O)N[C@@H](C)C(=O)O. The van der Waals surface area contributed by atoms with Crippen molar-refractivity contribution in [3.63, 3.8) is 0 Å². The molecule has 0 saturated heterocycles. The predicted octanol–water partition coefficient (Wildman–Crippen LogP) is 0.511. The summed E-state index contributed by atoms with van der Waals surface area (Å²) < 4.78 is 0. The van der Waals surface area contributed by atoms with E-state index >= 15 is 0 Å². The number of nitrogens with one attached hydrogen (secondary N) is 2. The topological polar surface area (TPSA) is 78.4 Å². The monoisotopic (exact) mass is 206 g/mol. The Morgan fingerprint density at radius 2 is 2.15 bits per heavy atom. The van der Waals surface area contributed by atoms with Crippen LogP contribution in [-0.4, -0.2) is 29.7 Å². The van der Waals surface area contributed by atoms with E-state index in [1.54, 1.807) is 0 Å². The first kappa shape index (κ1) is 11.8. The molecule has 1 atom stereocenters. The quantitative estimate of drug-likeness (QED) is 0.627. The molecule has 0 aliphatic rings. The first-order chi connectivity index (χ1) is 5.93. The van der Waals surface area contributed by atoms with E-state index in [1.165, 1.54) is 6.92 Å². The summed E-state index contributed by atoms with van der Waals surface area (Å²) in [7, 11) is 0. The van der Waals surface area contributed by atoms with E-state index in [0.29, 0.717) is 0 Å². The van der Waals surface area contributed by atoms with Crippen LogP contribution in [0.2, 0.25) is 0 Å². The van der Waals surface area contributed by atoms with Crippen LogP contribution in [0, 0.1) is 0 Å². The van der Waals surface area contributed by atoms with Crippen LogP contribution in [0.25, 0.3) is 0 Å². The highest BCUT2D eigenvalue weighted by molar-refractivity contribution is 6.29. The van der Waals surface area contributed by atoms with Crippen molar-refractivity contribution in [3.05, 3.63) is 11.6 Å². The maximum Gasteiger partial charge on any atom is 0.325 e. The molecule has 6 heteroatoms. The Labute approximate surface area is 80.8 Å². The number of carboxylic acids is 1. The Balaban J connectivity index is 3.74. The third-order valence-corrected chi connectivity index (χ3v) is 1.29. The smallest absolute Gasteiger partial charge is 0.325 e. The van der Waals surface area contributed by atoms with Gasteiger partial charge in [-0.05, 0) is 6.92 Å². The summed E-state index contributed by atoms with van der Waals surface area (Å²) in [5, 5.41) is 13.2. The third kappa shape index (κ3) is 5.98. The molecule has 0 aliphatic carbocycles. The minimum Gasteiger partial charge on any atom is -0.480 e. The number of urea groups is 1. The molecule has 13 heavy (non-hydrogen) atoms. The summed E-state index contributed by atoms with van der Waals surface area (Å²) >= 11 is 5.37. The lowest BCUT2D eigenvalue weighted by Gasteiger charge is -2.09. The number of carboxylic acid groups (broad SMARTS) is 1. The number of halogens is 1. The van der Waals surface area contributed by atoms with Crippen LogP contribution in [0.1, 0.15) is 6.92 Å². The first-order valence-corrected chi connectivity index (χ1v) is 3.91. The van der Waals surface area contributed by atoms with E-state index in [4.69, 9.17) is 16.7 Å². The summed E-state index contributed by atoms with van der Waals surface area (Å²) in [5.74, 6) is -1.10. The Kier molecular flexibility index (Phi) is 4.91. The van der Waals surface area contributed by atoms with Crippen LogP contribution >= 0.6 is 11.6 Å². The molecule has 0 fully saturated rings. The molecule has 0 radical (unpaired) electrons. The third-order valence-electron chi connectivity index (χ3n) is 1.16. The Morgan fingerprint density at radius 1 is 1.62 bits per heavy atom. The molecular weight excluding hydrogens is 196 g/mol. The van der Waals surface area contributed by atoms with Crippen LogP contribution in [0.15, 0.2) is 11.6 Å².